The molecule has 0 saturated carbocycles. The lowest BCUT2D eigenvalue weighted by Crippen LogP contribution is -2.17. The fourth-order valence-corrected chi connectivity index (χ4v) is 2.32. The summed E-state index contributed by atoms with van der Waals surface area (Å²) in [5.41, 5.74) is 2.56. The molecule has 0 aliphatic heterocycles. The number of ether oxygens (including phenoxy) is 1. The summed E-state index contributed by atoms with van der Waals surface area (Å²) in [5.74, 6) is 0.779. The summed E-state index contributed by atoms with van der Waals surface area (Å²) < 4.78 is 6.73. The van der Waals surface area contributed by atoms with Crippen molar-refractivity contribution in [1.82, 2.24) is 10.3 Å². The molecule has 106 valence electrons. The number of pyridine rings is 1. The zero-order chi connectivity index (χ0) is 14.2. The van der Waals surface area contributed by atoms with E-state index in [2.05, 4.69) is 57.4 Å². The van der Waals surface area contributed by atoms with Crippen LogP contribution in [0.5, 0.6) is 5.75 Å². The lowest BCUT2D eigenvalue weighted by atomic mass is 10.1. The average Bonchev–Trinajstić information content (AvgIpc) is 2.47. The van der Waals surface area contributed by atoms with Crippen molar-refractivity contribution in [2.75, 3.05) is 13.1 Å². The van der Waals surface area contributed by atoms with E-state index >= 15 is 0 Å². The molecule has 0 bridgehead atoms. The van der Waals surface area contributed by atoms with Crippen molar-refractivity contribution in [3.8, 4) is 5.75 Å². The summed E-state index contributed by atoms with van der Waals surface area (Å²) in [5, 5.41) is 3.35. The van der Waals surface area contributed by atoms with Crippen LogP contribution in [0, 0.1) is 0 Å². The maximum atomic E-state index is 5.81. The van der Waals surface area contributed by atoms with Gasteiger partial charge in [-0.05, 0) is 52.6 Å². The highest BCUT2D eigenvalue weighted by Crippen LogP contribution is 2.18. The molecule has 0 unspecified atom stereocenters. The van der Waals surface area contributed by atoms with Crippen LogP contribution in [0.4, 0.5) is 0 Å². The Morgan fingerprint density at radius 2 is 2.00 bits per heavy atom. The molecule has 1 N–H and O–H groups in total. The third kappa shape index (κ3) is 4.62. The monoisotopic (exact) mass is 334 g/mol. The molecule has 0 aliphatic rings. The maximum Gasteiger partial charge on any atom is 0.139 e. The Morgan fingerprint density at radius 1 is 1.20 bits per heavy atom. The van der Waals surface area contributed by atoms with Crippen LogP contribution in [0.1, 0.15) is 18.1 Å². The van der Waals surface area contributed by atoms with Gasteiger partial charge in [-0.25, -0.2) is 0 Å². The van der Waals surface area contributed by atoms with E-state index in [-0.39, 0.29) is 0 Å². The molecule has 1 heterocycles. The topological polar surface area (TPSA) is 34.1 Å². The first kappa shape index (κ1) is 15.0. The predicted molar refractivity (Wildman–Crippen MR) is 85.0 cm³/mol. The second kappa shape index (κ2) is 8.02. The van der Waals surface area contributed by atoms with Gasteiger partial charge in [0.1, 0.15) is 12.4 Å². The normalized spacial score (nSPS) is 10.5. The van der Waals surface area contributed by atoms with Gasteiger partial charge in [-0.2, -0.15) is 0 Å². The van der Waals surface area contributed by atoms with Crippen molar-refractivity contribution in [3.63, 3.8) is 0 Å². The maximum absolute atomic E-state index is 5.81. The largest absolute Gasteiger partial charge is 0.487 e. The van der Waals surface area contributed by atoms with Crippen molar-refractivity contribution in [1.29, 1.82) is 0 Å². The molecule has 1 aromatic carbocycles. The molecule has 0 radical (unpaired) electrons. The van der Waals surface area contributed by atoms with E-state index in [1.807, 2.05) is 6.07 Å². The minimum absolute atomic E-state index is 0.570. The first-order chi connectivity index (χ1) is 9.79. The molecule has 3 nitrogen and oxygen atoms in total. The second-order valence-corrected chi connectivity index (χ2v) is 5.42. The van der Waals surface area contributed by atoms with Gasteiger partial charge in [-0.15, -0.1) is 0 Å². The fraction of sp³-hybridized carbons (Fsp3) is 0.312. The van der Waals surface area contributed by atoms with Crippen LogP contribution >= 0.6 is 15.9 Å². The van der Waals surface area contributed by atoms with E-state index in [9.17, 15) is 0 Å². The molecule has 2 aromatic rings. The molecular formula is C16H19BrN2O. The average molecular weight is 335 g/mol. The summed E-state index contributed by atoms with van der Waals surface area (Å²) in [4.78, 5) is 4.10. The van der Waals surface area contributed by atoms with Gasteiger partial charge < -0.3 is 10.1 Å². The zero-order valence-electron chi connectivity index (χ0n) is 11.6. The first-order valence-electron chi connectivity index (χ1n) is 6.80. The molecule has 2 rings (SSSR count). The molecule has 4 heteroatoms. The van der Waals surface area contributed by atoms with Crippen LogP contribution in [0.25, 0.3) is 0 Å². The minimum atomic E-state index is 0.570. The van der Waals surface area contributed by atoms with Crippen molar-refractivity contribution in [3.05, 3.63) is 58.3 Å². The molecule has 1 aromatic heterocycles. The SMILES string of the molecule is CCNCCc1ccccc1COc1cncc(Br)c1. The van der Waals surface area contributed by atoms with Crippen LogP contribution in [0.15, 0.2) is 47.2 Å². The zero-order valence-corrected chi connectivity index (χ0v) is 13.2. The summed E-state index contributed by atoms with van der Waals surface area (Å²) in [7, 11) is 0. The number of rotatable bonds is 7. The molecule has 0 aliphatic carbocycles. The second-order valence-electron chi connectivity index (χ2n) is 4.50. The van der Waals surface area contributed by atoms with E-state index in [4.69, 9.17) is 4.74 Å². The Labute approximate surface area is 128 Å². The quantitative estimate of drug-likeness (QED) is 0.786. The Kier molecular flexibility index (Phi) is 6.02. The predicted octanol–water partition coefficient (Wildman–Crippen LogP) is 3.58. The van der Waals surface area contributed by atoms with Crippen molar-refractivity contribution >= 4 is 15.9 Å². The lowest BCUT2D eigenvalue weighted by Gasteiger charge is -2.11. The van der Waals surface area contributed by atoms with Gasteiger partial charge in [0, 0.05) is 10.7 Å². The molecule has 0 saturated heterocycles. The smallest absolute Gasteiger partial charge is 0.139 e. The number of benzene rings is 1. The van der Waals surface area contributed by atoms with Gasteiger partial charge in [0.2, 0.25) is 0 Å². The summed E-state index contributed by atoms with van der Waals surface area (Å²) in [6.45, 7) is 4.68. The minimum Gasteiger partial charge on any atom is -0.487 e. The van der Waals surface area contributed by atoms with E-state index in [1.54, 1.807) is 12.4 Å². The van der Waals surface area contributed by atoms with Crippen molar-refractivity contribution in [2.45, 2.75) is 20.0 Å². The standard InChI is InChI=1S/C16H19BrN2O/c1-2-18-8-7-13-5-3-4-6-14(13)12-20-16-9-15(17)10-19-11-16/h3-6,9-11,18H,2,7-8,12H2,1H3. The highest BCUT2D eigenvalue weighted by molar-refractivity contribution is 9.10. The van der Waals surface area contributed by atoms with Gasteiger partial charge >= 0.3 is 0 Å². The molecule has 0 amide bonds. The van der Waals surface area contributed by atoms with Gasteiger partial charge in [-0.3, -0.25) is 4.98 Å². The van der Waals surface area contributed by atoms with Gasteiger partial charge in [-0.1, -0.05) is 31.2 Å². The molecule has 0 atom stereocenters. The number of hydrogen-bond acceptors (Lipinski definition) is 3. The molecule has 0 spiro atoms. The van der Waals surface area contributed by atoms with Gasteiger partial charge in [0.15, 0.2) is 0 Å². The van der Waals surface area contributed by atoms with E-state index in [1.165, 1.54) is 11.1 Å². The van der Waals surface area contributed by atoms with Crippen molar-refractivity contribution in [2.24, 2.45) is 0 Å². The van der Waals surface area contributed by atoms with Crippen molar-refractivity contribution < 1.29 is 4.74 Å². The van der Waals surface area contributed by atoms with Crippen LogP contribution < -0.4 is 10.1 Å². The van der Waals surface area contributed by atoms with E-state index in [0.717, 1.165) is 29.7 Å². The fourth-order valence-electron chi connectivity index (χ4n) is 1.97. The summed E-state index contributed by atoms with van der Waals surface area (Å²) in [6.07, 6.45) is 4.49. The van der Waals surface area contributed by atoms with E-state index < -0.39 is 0 Å². The molecule has 0 fully saturated rings. The third-order valence-corrected chi connectivity index (χ3v) is 3.45. The number of aromatic nitrogens is 1. The Bertz CT molecular complexity index is 546. The van der Waals surface area contributed by atoms with Crippen LogP contribution in [-0.2, 0) is 13.0 Å². The summed E-state index contributed by atoms with van der Waals surface area (Å²) in [6, 6.07) is 10.3. The number of hydrogen-bond donors (Lipinski definition) is 1. The Morgan fingerprint density at radius 3 is 2.75 bits per heavy atom. The van der Waals surface area contributed by atoms with E-state index in [0.29, 0.717) is 6.61 Å². The van der Waals surface area contributed by atoms with Crippen LogP contribution in [-0.4, -0.2) is 18.1 Å². The summed E-state index contributed by atoms with van der Waals surface area (Å²) >= 11 is 3.39. The van der Waals surface area contributed by atoms with Crippen LogP contribution in [0.3, 0.4) is 0 Å². The number of nitrogens with one attached hydrogen (secondary N) is 1. The van der Waals surface area contributed by atoms with Gasteiger partial charge in [0.25, 0.3) is 0 Å². The van der Waals surface area contributed by atoms with Crippen LogP contribution in [0.2, 0.25) is 0 Å². The number of likely N-dealkylation sites (N-methyl/N-ethyl adjacent to an activating group) is 1. The Hall–Kier alpha value is -1.39. The lowest BCUT2D eigenvalue weighted by molar-refractivity contribution is 0.303. The molecule has 20 heavy (non-hydrogen) atoms. The first-order valence-corrected chi connectivity index (χ1v) is 7.59. The number of nitrogens with zero attached hydrogens (tertiary/aromatic N) is 1. The molecular weight excluding hydrogens is 316 g/mol. The highest BCUT2D eigenvalue weighted by atomic mass is 79.9. The highest BCUT2D eigenvalue weighted by Gasteiger charge is 2.03. The Balaban J connectivity index is 1.98. The number of halogens is 1. The third-order valence-electron chi connectivity index (χ3n) is 3.01. The van der Waals surface area contributed by atoms with Gasteiger partial charge in [0.05, 0.1) is 6.20 Å².